The molecule has 0 aliphatic rings. The molecule has 0 aromatic carbocycles. The first-order valence-corrected chi connectivity index (χ1v) is 5.65. The molecule has 0 saturated heterocycles. The van der Waals surface area contributed by atoms with Gasteiger partial charge in [0.15, 0.2) is 0 Å². The SMILES string of the molecule is CC(C)=CCCC(C)NCC(C)(C)C#N. The molecule has 1 atom stereocenters. The Labute approximate surface area is 94.4 Å². The average molecular weight is 208 g/mol. The second-order valence-corrected chi connectivity index (χ2v) is 5.14. The van der Waals surface area contributed by atoms with Crippen molar-refractivity contribution in [2.45, 2.75) is 53.5 Å². The Bertz CT molecular complexity index is 242. The van der Waals surface area contributed by atoms with E-state index in [4.69, 9.17) is 5.26 Å². The van der Waals surface area contributed by atoms with E-state index >= 15 is 0 Å². The van der Waals surface area contributed by atoms with E-state index in [-0.39, 0.29) is 5.41 Å². The van der Waals surface area contributed by atoms with Gasteiger partial charge in [-0.25, -0.2) is 0 Å². The van der Waals surface area contributed by atoms with Crippen LogP contribution < -0.4 is 5.32 Å². The summed E-state index contributed by atoms with van der Waals surface area (Å²) in [5.41, 5.74) is 1.12. The van der Waals surface area contributed by atoms with Crippen LogP contribution in [0, 0.1) is 16.7 Å². The number of hydrogen-bond acceptors (Lipinski definition) is 2. The molecular weight excluding hydrogens is 184 g/mol. The van der Waals surface area contributed by atoms with Gasteiger partial charge in [0, 0.05) is 12.6 Å². The van der Waals surface area contributed by atoms with Gasteiger partial charge in [-0.1, -0.05) is 11.6 Å². The highest BCUT2D eigenvalue weighted by molar-refractivity contribution is 4.95. The van der Waals surface area contributed by atoms with Gasteiger partial charge < -0.3 is 5.32 Å². The summed E-state index contributed by atoms with van der Waals surface area (Å²) < 4.78 is 0. The zero-order chi connectivity index (χ0) is 11.9. The third-order valence-corrected chi connectivity index (χ3v) is 2.35. The first-order chi connectivity index (χ1) is 6.87. The summed E-state index contributed by atoms with van der Waals surface area (Å²) in [6, 6.07) is 2.78. The van der Waals surface area contributed by atoms with Gasteiger partial charge in [0.2, 0.25) is 0 Å². The maximum absolute atomic E-state index is 8.86. The van der Waals surface area contributed by atoms with Gasteiger partial charge in [0.05, 0.1) is 11.5 Å². The van der Waals surface area contributed by atoms with Crippen molar-refractivity contribution in [1.29, 1.82) is 5.26 Å². The summed E-state index contributed by atoms with van der Waals surface area (Å²) in [5, 5.41) is 12.3. The Hall–Kier alpha value is -0.810. The minimum absolute atomic E-state index is 0.259. The molecule has 0 aliphatic carbocycles. The second-order valence-electron chi connectivity index (χ2n) is 5.14. The van der Waals surface area contributed by atoms with Crippen LogP contribution in [0.15, 0.2) is 11.6 Å². The number of nitrogens with zero attached hydrogens (tertiary/aromatic N) is 1. The quantitative estimate of drug-likeness (QED) is 0.680. The predicted molar refractivity (Wildman–Crippen MR) is 65.5 cm³/mol. The topological polar surface area (TPSA) is 35.8 Å². The summed E-state index contributed by atoms with van der Waals surface area (Å²) in [7, 11) is 0. The molecule has 0 radical (unpaired) electrons. The number of allylic oxidation sites excluding steroid dienone is 2. The van der Waals surface area contributed by atoms with E-state index in [1.165, 1.54) is 5.57 Å². The third kappa shape index (κ3) is 8.20. The molecule has 0 aliphatic heterocycles. The highest BCUT2D eigenvalue weighted by atomic mass is 14.9. The molecule has 1 N–H and O–H groups in total. The summed E-state index contributed by atoms with van der Waals surface area (Å²) in [4.78, 5) is 0. The molecule has 0 rings (SSSR count). The van der Waals surface area contributed by atoms with Crippen LogP contribution in [0.3, 0.4) is 0 Å². The molecule has 0 saturated carbocycles. The van der Waals surface area contributed by atoms with E-state index in [9.17, 15) is 0 Å². The molecule has 0 fully saturated rings. The molecule has 0 heterocycles. The van der Waals surface area contributed by atoms with Crippen molar-refractivity contribution in [3.05, 3.63) is 11.6 Å². The first-order valence-electron chi connectivity index (χ1n) is 5.65. The van der Waals surface area contributed by atoms with Gasteiger partial charge in [-0.15, -0.1) is 0 Å². The Kier molecular flexibility index (Phi) is 6.27. The predicted octanol–water partition coefficient (Wildman–Crippen LogP) is 3.26. The zero-order valence-electron chi connectivity index (χ0n) is 10.7. The third-order valence-electron chi connectivity index (χ3n) is 2.35. The second kappa shape index (κ2) is 6.63. The van der Waals surface area contributed by atoms with Crippen LogP contribution in [0.25, 0.3) is 0 Å². The fourth-order valence-electron chi connectivity index (χ4n) is 1.19. The molecule has 0 bridgehead atoms. The fourth-order valence-corrected chi connectivity index (χ4v) is 1.19. The van der Waals surface area contributed by atoms with Crippen molar-refractivity contribution < 1.29 is 0 Å². The van der Waals surface area contributed by atoms with E-state index in [0.717, 1.165) is 19.4 Å². The molecule has 0 aromatic heterocycles. The Morgan fingerprint density at radius 3 is 2.53 bits per heavy atom. The van der Waals surface area contributed by atoms with Crippen LogP contribution >= 0.6 is 0 Å². The highest BCUT2D eigenvalue weighted by Crippen LogP contribution is 2.11. The number of rotatable bonds is 6. The lowest BCUT2D eigenvalue weighted by Crippen LogP contribution is -2.34. The van der Waals surface area contributed by atoms with Gasteiger partial charge in [-0.05, 0) is 47.5 Å². The lowest BCUT2D eigenvalue weighted by molar-refractivity contribution is 0.401. The molecule has 2 nitrogen and oxygen atoms in total. The van der Waals surface area contributed by atoms with E-state index in [2.05, 4.69) is 38.2 Å². The van der Waals surface area contributed by atoms with Gasteiger partial charge >= 0.3 is 0 Å². The number of nitriles is 1. The summed E-state index contributed by atoms with van der Waals surface area (Å²) >= 11 is 0. The van der Waals surface area contributed by atoms with Crippen LogP contribution in [0.2, 0.25) is 0 Å². The molecule has 1 unspecified atom stereocenters. The molecule has 0 spiro atoms. The monoisotopic (exact) mass is 208 g/mol. The summed E-state index contributed by atoms with van der Waals surface area (Å²) in [6.45, 7) is 11.1. The fraction of sp³-hybridized carbons (Fsp3) is 0.769. The standard InChI is InChI=1S/C13H24N2/c1-11(2)7-6-8-12(3)15-10-13(4,5)9-14/h7,12,15H,6,8,10H2,1-5H3. The van der Waals surface area contributed by atoms with Crippen LogP contribution in [0.4, 0.5) is 0 Å². The van der Waals surface area contributed by atoms with Crippen molar-refractivity contribution >= 4 is 0 Å². The minimum Gasteiger partial charge on any atom is -0.313 e. The first kappa shape index (κ1) is 14.2. The number of hydrogen-bond donors (Lipinski definition) is 1. The maximum Gasteiger partial charge on any atom is 0.0697 e. The molecule has 0 amide bonds. The van der Waals surface area contributed by atoms with Crippen LogP contribution in [-0.4, -0.2) is 12.6 Å². The van der Waals surface area contributed by atoms with Gasteiger partial charge in [-0.3, -0.25) is 0 Å². The molecular formula is C13H24N2. The van der Waals surface area contributed by atoms with Crippen molar-refractivity contribution in [1.82, 2.24) is 5.32 Å². The summed E-state index contributed by atoms with van der Waals surface area (Å²) in [6.07, 6.45) is 4.50. The van der Waals surface area contributed by atoms with Crippen molar-refractivity contribution in [2.24, 2.45) is 5.41 Å². The Morgan fingerprint density at radius 1 is 1.47 bits per heavy atom. The van der Waals surface area contributed by atoms with Gasteiger partial charge in [-0.2, -0.15) is 5.26 Å². The van der Waals surface area contributed by atoms with Gasteiger partial charge in [0.1, 0.15) is 0 Å². The van der Waals surface area contributed by atoms with E-state index in [1.807, 2.05) is 13.8 Å². The lowest BCUT2D eigenvalue weighted by Gasteiger charge is -2.20. The number of nitrogens with one attached hydrogen (secondary N) is 1. The maximum atomic E-state index is 8.86. The highest BCUT2D eigenvalue weighted by Gasteiger charge is 2.16. The van der Waals surface area contributed by atoms with E-state index in [1.54, 1.807) is 0 Å². The van der Waals surface area contributed by atoms with Crippen molar-refractivity contribution in [2.75, 3.05) is 6.54 Å². The largest absolute Gasteiger partial charge is 0.313 e. The molecule has 0 aromatic rings. The normalized spacial score (nSPS) is 13.1. The van der Waals surface area contributed by atoms with Crippen LogP contribution in [-0.2, 0) is 0 Å². The lowest BCUT2D eigenvalue weighted by atomic mass is 9.95. The van der Waals surface area contributed by atoms with E-state index < -0.39 is 0 Å². The summed E-state index contributed by atoms with van der Waals surface area (Å²) in [5.74, 6) is 0. The Morgan fingerprint density at radius 2 is 2.07 bits per heavy atom. The van der Waals surface area contributed by atoms with Crippen molar-refractivity contribution in [3.8, 4) is 6.07 Å². The van der Waals surface area contributed by atoms with Crippen molar-refractivity contribution in [3.63, 3.8) is 0 Å². The minimum atomic E-state index is -0.259. The molecule has 2 heteroatoms. The van der Waals surface area contributed by atoms with Crippen LogP contribution in [0.1, 0.15) is 47.5 Å². The molecule has 86 valence electrons. The average Bonchev–Trinajstić information content (AvgIpc) is 2.14. The zero-order valence-corrected chi connectivity index (χ0v) is 10.7. The smallest absolute Gasteiger partial charge is 0.0697 e. The Balaban J connectivity index is 3.72. The van der Waals surface area contributed by atoms with Crippen LogP contribution in [0.5, 0.6) is 0 Å². The van der Waals surface area contributed by atoms with Gasteiger partial charge in [0.25, 0.3) is 0 Å². The molecule has 15 heavy (non-hydrogen) atoms. The van der Waals surface area contributed by atoms with E-state index in [0.29, 0.717) is 6.04 Å².